The molecule has 0 heterocycles. The van der Waals surface area contributed by atoms with Crippen LogP contribution in [0, 0.1) is 6.92 Å². The van der Waals surface area contributed by atoms with Crippen LogP contribution in [0.5, 0.6) is 0 Å². The van der Waals surface area contributed by atoms with Crippen LogP contribution in [0.4, 0.5) is 0 Å². The quantitative estimate of drug-likeness (QED) is 0.296. The van der Waals surface area contributed by atoms with Crippen molar-refractivity contribution in [2.45, 2.75) is 60.5 Å². The van der Waals surface area contributed by atoms with Crippen LogP contribution in [0.3, 0.4) is 0 Å². The third kappa shape index (κ3) is 7.58. The highest BCUT2D eigenvalue weighted by molar-refractivity contribution is 7.49. The van der Waals surface area contributed by atoms with Gasteiger partial charge in [0.15, 0.2) is 0 Å². The summed E-state index contributed by atoms with van der Waals surface area (Å²) in [5.74, 6) is 0.583. The van der Waals surface area contributed by atoms with Crippen LogP contribution in [0.15, 0.2) is 79.4 Å². The van der Waals surface area contributed by atoms with E-state index in [0.717, 1.165) is 11.7 Å². The van der Waals surface area contributed by atoms with Gasteiger partial charge in [-0.3, -0.25) is 0 Å². The number of aryl methyl sites for hydroxylation is 1. The first-order chi connectivity index (χ1) is 14.3. The summed E-state index contributed by atoms with van der Waals surface area (Å²) in [6.45, 7) is 23.4. The van der Waals surface area contributed by atoms with Crippen LogP contribution >= 0.6 is 8.58 Å². The molecule has 160 valence electrons. The summed E-state index contributed by atoms with van der Waals surface area (Å²) < 4.78 is 0. The van der Waals surface area contributed by atoms with Crippen molar-refractivity contribution < 1.29 is 0 Å². The first-order valence-corrected chi connectivity index (χ1v) is 12.2. The molecule has 1 heteroatoms. The minimum Gasteiger partial charge on any atom is -0.0910 e. The molecule has 0 fully saturated rings. The monoisotopic (exact) mass is 418 g/mol. The minimum atomic E-state index is 0.583. The fourth-order valence-corrected chi connectivity index (χ4v) is 4.09. The second-order valence-electron chi connectivity index (χ2n) is 7.61. The predicted molar refractivity (Wildman–Crippen MR) is 142 cm³/mol. The van der Waals surface area contributed by atoms with Crippen LogP contribution in [-0.2, 0) is 6.16 Å². The summed E-state index contributed by atoms with van der Waals surface area (Å²) >= 11 is 0. The van der Waals surface area contributed by atoms with E-state index in [4.69, 9.17) is 0 Å². The molecule has 0 nitrogen and oxygen atoms in total. The van der Waals surface area contributed by atoms with E-state index in [-0.39, 0.29) is 0 Å². The summed E-state index contributed by atoms with van der Waals surface area (Å²) in [6, 6.07) is 15.6. The smallest absolute Gasteiger partial charge is 0.00602 e. The van der Waals surface area contributed by atoms with Gasteiger partial charge in [0.05, 0.1) is 0 Å². The number of benzene rings is 2. The van der Waals surface area contributed by atoms with E-state index in [1.807, 2.05) is 26.8 Å². The maximum absolute atomic E-state index is 4.35. The second kappa shape index (κ2) is 13.2. The van der Waals surface area contributed by atoms with E-state index in [2.05, 4.69) is 95.5 Å². The Labute approximate surface area is 187 Å². The Morgan fingerprint density at radius 2 is 1.67 bits per heavy atom. The van der Waals surface area contributed by atoms with Crippen molar-refractivity contribution in [1.29, 1.82) is 0 Å². The third-order valence-corrected chi connectivity index (χ3v) is 6.37. The molecule has 0 radical (unpaired) electrons. The number of hydrogen-bond donors (Lipinski definition) is 0. The Morgan fingerprint density at radius 1 is 1.03 bits per heavy atom. The van der Waals surface area contributed by atoms with E-state index < -0.39 is 0 Å². The normalized spacial score (nSPS) is 11.8. The zero-order chi connectivity index (χ0) is 22.7. The zero-order valence-electron chi connectivity index (χ0n) is 20.0. The van der Waals surface area contributed by atoms with E-state index >= 15 is 0 Å². The van der Waals surface area contributed by atoms with Gasteiger partial charge in [0, 0.05) is 0 Å². The molecule has 0 saturated carbocycles. The van der Waals surface area contributed by atoms with Gasteiger partial charge in [-0.15, -0.1) is 0 Å². The van der Waals surface area contributed by atoms with E-state index in [1.54, 1.807) is 0 Å². The first-order valence-electron chi connectivity index (χ1n) is 10.9. The fourth-order valence-electron chi connectivity index (χ4n) is 3.07. The Kier molecular flexibility index (Phi) is 11.4. The van der Waals surface area contributed by atoms with Gasteiger partial charge in [0.1, 0.15) is 0 Å². The molecule has 2 aromatic carbocycles. The highest BCUT2D eigenvalue weighted by atomic mass is 31.1. The summed E-state index contributed by atoms with van der Waals surface area (Å²) in [4.78, 5) is 0. The number of hydrogen-bond acceptors (Lipinski definition) is 0. The molecule has 1 unspecified atom stereocenters. The second-order valence-corrected chi connectivity index (χ2v) is 8.92. The van der Waals surface area contributed by atoms with Crippen molar-refractivity contribution in [2.24, 2.45) is 0 Å². The SMILES string of the molecule is C=C(PCc1ccc(C(C)C)cc1)c1ccc(C(=C)/C(C)=C\C=C/C)c(C)c1.CC. The molecule has 0 aliphatic heterocycles. The Morgan fingerprint density at radius 3 is 2.20 bits per heavy atom. The van der Waals surface area contributed by atoms with Crippen LogP contribution in [0.25, 0.3) is 10.9 Å². The highest BCUT2D eigenvalue weighted by Gasteiger charge is 2.08. The topological polar surface area (TPSA) is 0 Å². The van der Waals surface area contributed by atoms with Gasteiger partial charge in [0.2, 0.25) is 0 Å². The molecule has 2 rings (SSSR count). The molecule has 30 heavy (non-hydrogen) atoms. The van der Waals surface area contributed by atoms with Crippen molar-refractivity contribution in [3.8, 4) is 0 Å². The maximum atomic E-state index is 4.35. The van der Waals surface area contributed by atoms with Gasteiger partial charge < -0.3 is 0 Å². The predicted octanol–water partition coefficient (Wildman–Crippen LogP) is 9.53. The van der Waals surface area contributed by atoms with Crippen LogP contribution < -0.4 is 0 Å². The number of rotatable bonds is 8. The molecule has 0 aliphatic rings. The lowest BCUT2D eigenvalue weighted by Gasteiger charge is -2.13. The molecule has 0 spiro atoms. The first kappa shape index (κ1) is 25.9. The Balaban J connectivity index is 0.00000218. The minimum absolute atomic E-state index is 0.583. The van der Waals surface area contributed by atoms with Crippen LogP contribution in [0.2, 0.25) is 0 Å². The van der Waals surface area contributed by atoms with Crippen molar-refractivity contribution in [3.63, 3.8) is 0 Å². The van der Waals surface area contributed by atoms with Gasteiger partial charge in [0.25, 0.3) is 0 Å². The lowest BCUT2D eigenvalue weighted by atomic mass is 9.95. The molecular weight excluding hydrogens is 379 g/mol. The van der Waals surface area contributed by atoms with Crippen molar-refractivity contribution in [3.05, 3.63) is 107 Å². The van der Waals surface area contributed by atoms with E-state index in [1.165, 1.54) is 38.7 Å². The molecule has 0 aliphatic carbocycles. The van der Waals surface area contributed by atoms with Crippen LogP contribution in [0.1, 0.15) is 75.3 Å². The van der Waals surface area contributed by atoms with Crippen LogP contribution in [-0.4, -0.2) is 0 Å². The van der Waals surface area contributed by atoms with Crippen molar-refractivity contribution in [2.75, 3.05) is 0 Å². The van der Waals surface area contributed by atoms with Gasteiger partial charge in [-0.1, -0.05) is 110 Å². The zero-order valence-corrected chi connectivity index (χ0v) is 21.0. The van der Waals surface area contributed by atoms with Gasteiger partial charge >= 0.3 is 0 Å². The summed E-state index contributed by atoms with van der Waals surface area (Å²) in [6.07, 6.45) is 7.26. The van der Waals surface area contributed by atoms with Crippen molar-refractivity contribution >= 4 is 19.5 Å². The fraction of sp³-hybridized carbons (Fsp3) is 0.310. The molecule has 0 bridgehead atoms. The summed E-state index contributed by atoms with van der Waals surface area (Å²) in [7, 11) is 0.698. The molecule has 0 saturated heterocycles. The Bertz CT molecular complexity index is 892. The number of allylic oxidation sites excluding steroid dienone is 5. The lowest BCUT2D eigenvalue weighted by Crippen LogP contribution is -1.91. The summed E-state index contributed by atoms with van der Waals surface area (Å²) in [5.41, 5.74) is 8.76. The largest absolute Gasteiger partial charge is 0.0910 e. The van der Waals surface area contributed by atoms with E-state index in [9.17, 15) is 0 Å². The molecule has 0 aromatic heterocycles. The molecule has 0 amide bonds. The van der Waals surface area contributed by atoms with Gasteiger partial charge in [-0.25, -0.2) is 0 Å². The lowest BCUT2D eigenvalue weighted by molar-refractivity contribution is 0.866. The van der Waals surface area contributed by atoms with Gasteiger partial charge in [-0.2, -0.15) is 0 Å². The molecule has 1 atom stereocenters. The standard InChI is InChI=1S/C27H33P.C2H6/c1-8-9-10-20(4)22(6)27-16-15-26(17-21(27)5)23(7)28-18-24-11-13-25(14-12-24)19(2)3;1-2/h8-17,19,28H,6-7,18H2,1-5H3;1-2H3/b9-8-,20-10-;. The molecule has 0 N–H and O–H groups in total. The average molecular weight is 419 g/mol. The molecular formula is C29H39P. The van der Waals surface area contributed by atoms with E-state index in [0.29, 0.717) is 14.5 Å². The maximum Gasteiger partial charge on any atom is -0.00602 e. The molecule has 2 aromatic rings. The average Bonchev–Trinajstić information content (AvgIpc) is 2.76. The third-order valence-electron chi connectivity index (χ3n) is 5.07. The van der Waals surface area contributed by atoms with Crippen molar-refractivity contribution in [1.82, 2.24) is 0 Å². The Hall–Kier alpha value is -2.17. The van der Waals surface area contributed by atoms with Gasteiger partial charge in [-0.05, 0) is 77.1 Å². The highest BCUT2D eigenvalue weighted by Crippen LogP contribution is 2.36. The summed E-state index contributed by atoms with van der Waals surface area (Å²) in [5, 5.41) is 1.22.